The molecule has 2 rings (SSSR count). The summed E-state index contributed by atoms with van der Waals surface area (Å²) in [7, 11) is 0. The molecule has 4 heteroatoms. The number of carboxylic acids is 1. The Morgan fingerprint density at radius 2 is 2.22 bits per heavy atom. The van der Waals surface area contributed by atoms with E-state index in [1.54, 1.807) is 11.3 Å². The van der Waals surface area contributed by atoms with Gasteiger partial charge in [-0.3, -0.25) is 4.79 Å². The van der Waals surface area contributed by atoms with Gasteiger partial charge in [-0.25, -0.2) is 0 Å². The number of hydrogen-bond acceptors (Lipinski definition) is 3. The second-order valence-corrected chi connectivity index (χ2v) is 6.06. The predicted octanol–water partition coefficient (Wildman–Crippen LogP) is 3.43. The third kappa shape index (κ3) is 4.10. The van der Waals surface area contributed by atoms with Gasteiger partial charge in [0.05, 0.1) is 12.5 Å². The molecule has 100 valence electrons. The second-order valence-electron chi connectivity index (χ2n) is 5.08. The van der Waals surface area contributed by atoms with E-state index in [-0.39, 0.29) is 12.5 Å². The summed E-state index contributed by atoms with van der Waals surface area (Å²) in [6.07, 6.45) is 6.77. The lowest BCUT2D eigenvalue weighted by Gasteiger charge is -2.24. The molecular weight excluding hydrogens is 246 g/mol. The standard InChI is InChI=1S/C14H21NO2S/c16-14(17)9-12(13-7-4-8-18-13)15-10-11-5-2-1-3-6-11/h4,7-8,11-12,15H,1-3,5-6,9-10H2,(H,16,17). The van der Waals surface area contributed by atoms with Crippen LogP contribution in [-0.4, -0.2) is 17.6 Å². The van der Waals surface area contributed by atoms with Crippen molar-refractivity contribution in [3.05, 3.63) is 22.4 Å². The third-order valence-electron chi connectivity index (χ3n) is 3.64. The first kappa shape index (κ1) is 13.6. The molecule has 1 aromatic rings. The molecule has 0 aliphatic heterocycles. The highest BCUT2D eigenvalue weighted by Gasteiger charge is 2.19. The van der Waals surface area contributed by atoms with E-state index < -0.39 is 5.97 Å². The maximum atomic E-state index is 10.9. The lowest BCUT2D eigenvalue weighted by Crippen LogP contribution is -2.29. The molecule has 1 aliphatic rings. The lowest BCUT2D eigenvalue weighted by molar-refractivity contribution is -0.137. The van der Waals surface area contributed by atoms with Crippen molar-refractivity contribution in [2.24, 2.45) is 5.92 Å². The minimum absolute atomic E-state index is 0.0237. The molecule has 0 saturated heterocycles. The van der Waals surface area contributed by atoms with Crippen LogP contribution >= 0.6 is 11.3 Å². The first-order chi connectivity index (χ1) is 8.75. The highest BCUT2D eigenvalue weighted by Crippen LogP contribution is 2.26. The quantitative estimate of drug-likeness (QED) is 0.830. The molecule has 1 fully saturated rings. The van der Waals surface area contributed by atoms with Gasteiger partial charge in [0.1, 0.15) is 0 Å². The van der Waals surface area contributed by atoms with E-state index in [0.29, 0.717) is 0 Å². The first-order valence-electron chi connectivity index (χ1n) is 6.74. The Hall–Kier alpha value is -0.870. The largest absolute Gasteiger partial charge is 0.481 e. The van der Waals surface area contributed by atoms with E-state index in [4.69, 9.17) is 5.11 Å². The fraction of sp³-hybridized carbons (Fsp3) is 0.643. The molecule has 18 heavy (non-hydrogen) atoms. The Bertz CT molecular complexity index is 358. The molecule has 3 nitrogen and oxygen atoms in total. The van der Waals surface area contributed by atoms with Gasteiger partial charge in [-0.1, -0.05) is 25.3 Å². The van der Waals surface area contributed by atoms with Crippen molar-refractivity contribution in [3.8, 4) is 0 Å². The minimum Gasteiger partial charge on any atom is -0.481 e. The van der Waals surface area contributed by atoms with Gasteiger partial charge in [0.2, 0.25) is 0 Å². The highest BCUT2D eigenvalue weighted by molar-refractivity contribution is 7.10. The maximum absolute atomic E-state index is 10.9. The van der Waals surface area contributed by atoms with E-state index in [1.807, 2.05) is 17.5 Å². The topological polar surface area (TPSA) is 49.3 Å². The van der Waals surface area contributed by atoms with E-state index in [0.717, 1.165) is 17.3 Å². The van der Waals surface area contributed by atoms with Gasteiger partial charge in [0, 0.05) is 4.88 Å². The summed E-state index contributed by atoms with van der Waals surface area (Å²) in [5, 5.41) is 14.4. The second kappa shape index (κ2) is 6.90. The van der Waals surface area contributed by atoms with Crippen LogP contribution in [0.3, 0.4) is 0 Å². The monoisotopic (exact) mass is 267 g/mol. The van der Waals surface area contributed by atoms with Crippen LogP contribution in [0.5, 0.6) is 0 Å². The Labute approximate surface area is 112 Å². The van der Waals surface area contributed by atoms with Gasteiger partial charge in [-0.2, -0.15) is 0 Å². The van der Waals surface area contributed by atoms with Crippen LogP contribution in [-0.2, 0) is 4.79 Å². The molecule has 1 unspecified atom stereocenters. The SMILES string of the molecule is O=C(O)CC(NCC1CCCCC1)c1cccs1. The molecule has 1 heterocycles. The number of carbonyl (C=O) groups is 1. The Morgan fingerprint density at radius 3 is 2.83 bits per heavy atom. The van der Waals surface area contributed by atoms with Gasteiger partial charge in [-0.15, -0.1) is 11.3 Å². The van der Waals surface area contributed by atoms with Crippen molar-refractivity contribution >= 4 is 17.3 Å². The Kier molecular flexibility index (Phi) is 5.20. The normalized spacial score (nSPS) is 18.7. The zero-order chi connectivity index (χ0) is 12.8. The van der Waals surface area contributed by atoms with Gasteiger partial charge in [0.25, 0.3) is 0 Å². The fourth-order valence-corrected chi connectivity index (χ4v) is 3.44. The van der Waals surface area contributed by atoms with Crippen LogP contribution in [0.4, 0.5) is 0 Å². The van der Waals surface area contributed by atoms with Crippen LogP contribution in [0.15, 0.2) is 17.5 Å². The molecular formula is C14H21NO2S. The van der Waals surface area contributed by atoms with E-state index >= 15 is 0 Å². The van der Waals surface area contributed by atoms with Crippen molar-refractivity contribution < 1.29 is 9.90 Å². The van der Waals surface area contributed by atoms with Crippen molar-refractivity contribution in [2.75, 3.05) is 6.54 Å². The highest BCUT2D eigenvalue weighted by atomic mass is 32.1. The minimum atomic E-state index is -0.732. The van der Waals surface area contributed by atoms with Crippen molar-refractivity contribution in [3.63, 3.8) is 0 Å². The third-order valence-corrected chi connectivity index (χ3v) is 4.63. The van der Waals surface area contributed by atoms with E-state index in [2.05, 4.69) is 5.32 Å². The van der Waals surface area contributed by atoms with Crippen LogP contribution < -0.4 is 5.32 Å². The van der Waals surface area contributed by atoms with E-state index in [9.17, 15) is 4.79 Å². The number of hydrogen-bond donors (Lipinski definition) is 2. The zero-order valence-electron chi connectivity index (χ0n) is 10.6. The summed E-state index contributed by atoms with van der Waals surface area (Å²) in [5.41, 5.74) is 0. The van der Waals surface area contributed by atoms with Gasteiger partial charge in [-0.05, 0) is 36.8 Å². The first-order valence-corrected chi connectivity index (χ1v) is 7.62. The van der Waals surface area contributed by atoms with Crippen LogP contribution in [0.1, 0.15) is 49.4 Å². The fourth-order valence-electron chi connectivity index (χ4n) is 2.64. The molecule has 1 saturated carbocycles. The average molecular weight is 267 g/mol. The number of thiophene rings is 1. The molecule has 2 N–H and O–H groups in total. The molecule has 0 spiro atoms. The number of nitrogens with one attached hydrogen (secondary N) is 1. The molecule has 0 radical (unpaired) electrons. The maximum Gasteiger partial charge on any atom is 0.305 e. The average Bonchev–Trinajstić information content (AvgIpc) is 2.89. The van der Waals surface area contributed by atoms with Gasteiger partial charge in [0.15, 0.2) is 0 Å². The molecule has 1 aliphatic carbocycles. The van der Waals surface area contributed by atoms with Gasteiger partial charge < -0.3 is 10.4 Å². The van der Waals surface area contributed by atoms with Crippen molar-refractivity contribution in [2.45, 2.75) is 44.6 Å². The summed E-state index contributed by atoms with van der Waals surface area (Å²) >= 11 is 1.63. The van der Waals surface area contributed by atoms with Gasteiger partial charge >= 0.3 is 5.97 Å². The van der Waals surface area contributed by atoms with Crippen molar-refractivity contribution in [1.82, 2.24) is 5.32 Å². The molecule has 0 amide bonds. The van der Waals surface area contributed by atoms with Crippen molar-refractivity contribution in [1.29, 1.82) is 0 Å². The zero-order valence-corrected chi connectivity index (χ0v) is 11.4. The summed E-state index contributed by atoms with van der Waals surface area (Å²) < 4.78 is 0. The van der Waals surface area contributed by atoms with Crippen LogP contribution in [0.25, 0.3) is 0 Å². The predicted molar refractivity (Wildman–Crippen MR) is 73.9 cm³/mol. The lowest BCUT2D eigenvalue weighted by atomic mass is 9.89. The summed E-state index contributed by atoms with van der Waals surface area (Å²) in [6, 6.07) is 3.98. The number of carboxylic acid groups (broad SMARTS) is 1. The molecule has 0 bridgehead atoms. The number of rotatable bonds is 6. The molecule has 1 atom stereocenters. The summed E-state index contributed by atoms with van der Waals surface area (Å²) in [4.78, 5) is 12.1. The Morgan fingerprint density at radius 1 is 1.44 bits per heavy atom. The van der Waals surface area contributed by atoms with Crippen LogP contribution in [0.2, 0.25) is 0 Å². The molecule has 1 aromatic heterocycles. The number of aliphatic carboxylic acids is 1. The van der Waals surface area contributed by atoms with Crippen LogP contribution in [0, 0.1) is 5.92 Å². The summed E-state index contributed by atoms with van der Waals surface area (Å²) in [6.45, 7) is 0.954. The van der Waals surface area contributed by atoms with E-state index in [1.165, 1.54) is 32.1 Å². The Balaban J connectivity index is 1.86. The smallest absolute Gasteiger partial charge is 0.305 e. The summed E-state index contributed by atoms with van der Waals surface area (Å²) in [5.74, 6) is -0.000415. The molecule has 0 aromatic carbocycles.